The van der Waals surface area contributed by atoms with Gasteiger partial charge >= 0.3 is 0 Å². The van der Waals surface area contributed by atoms with Gasteiger partial charge in [-0.3, -0.25) is 4.79 Å². The Morgan fingerprint density at radius 2 is 1.93 bits per heavy atom. The summed E-state index contributed by atoms with van der Waals surface area (Å²) in [4.78, 5) is 10.9. The van der Waals surface area contributed by atoms with Gasteiger partial charge in [0.25, 0.3) is 5.91 Å². The predicted octanol–water partition coefficient (Wildman–Crippen LogP) is -0.656. The van der Waals surface area contributed by atoms with Crippen LogP contribution >= 0.6 is 15.9 Å². The van der Waals surface area contributed by atoms with E-state index in [9.17, 15) is 4.79 Å². The third-order valence-electron chi connectivity index (χ3n) is 3.74. The zero-order chi connectivity index (χ0) is 18.5. The van der Waals surface area contributed by atoms with E-state index in [2.05, 4.69) is 21.2 Å². The van der Waals surface area contributed by atoms with Crippen LogP contribution in [0.25, 0.3) is 0 Å². The number of nitrogens with two attached hydrogens (primary N) is 1. The maximum Gasteiger partial charge on any atom is 0.255 e. The van der Waals surface area contributed by atoms with Crippen molar-refractivity contribution in [3.63, 3.8) is 0 Å². The molecule has 2 aromatic rings. The quantitative estimate of drug-likeness (QED) is 0.546. The highest BCUT2D eigenvalue weighted by molar-refractivity contribution is 9.10. The molecule has 27 heavy (non-hydrogen) atoms. The van der Waals surface area contributed by atoms with E-state index in [4.69, 9.17) is 24.7 Å². The lowest BCUT2D eigenvalue weighted by molar-refractivity contribution is -0.120. The molecule has 0 aromatic heterocycles. The number of hydrogen-bond donors (Lipinski definition) is 2. The van der Waals surface area contributed by atoms with Gasteiger partial charge in [0.05, 0.1) is 11.6 Å². The molecular formula is C18H19BrClN2O5-. The van der Waals surface area contributed by atoms with Crippen LogP contribution in [0.5, 0.6) is 23.0 Å². The number of methoxy groups -OCH3 is 1. The summed E-state index contributed by atoms with van der Waals surface area (Å²) in [6.07, 6.45) is 0. The molecule has 3 N–H and O–H groups in total. The fourth-order valence-corrected chi connectivity index (χ4v) is 3.16. The summed E-state index contributed by atoms with van der Waals surface area (Å²) in [5.74, 6) is 1.97. The fraction of sp³-hybridized carbons (Fsp3) is 0.278. The van der Waals surface area contributed by atoms with Gasteiger partial charge in [0.1, 0.15) is 0 Å². The normalized spacial score (nSPS) is 11.6. The van der Waals surface area contributed by atoms with Gasteiger partial charge in [-0.1, -0.05) is 6.07 Å². The Hall–Kier alpha value is -2.16. The summed E-state index contributed by atoms with van der Waals surface area (Å²) in [5, 5.41) is 3.37. The molecule has 9 heteroatoms. The molecular weight excluding hydrogens is 440 g/mol. The largest absolute Gasteiger partial charge is 1.00 e. The van der Waals surface area contributed by atoms with Crippen LogP contribution in [0.2, 0.25) is 0 Å². The van der Waals surface area contributed by atoms with Gasteiger partial charge in [-0.15, -0.1) is 0 Å². The standard InChI is InChI=1S/C18H19BrN2O5.ClH/c1-23-16-6-12(4-13(19)18(16)24-9-17(20)22)8-21-7-11-2-3-14-15(5-11)26-10-25-14;/h2-6,21H,7-10H2,1H3,(H2,20,22);1H/p-1. The number of primary amides is 1. The molecule has 0 spiro atoms. The first-order valence-corrected chi connectivity index (χ1v) is 8.73. The first kappa shape index (κ1) is 21.1. The summed E-state index contributed by atoms with van der Waals surface area (Å²) in [7, 11) is 1.54. The Morgan fingerprint density at radius 3 is 2.67 bits per heavy atom. The fourth-order valence-electron chi connectivity index (χ4n) is 2.56. The smallest absolute Gasteiger partial charge is 0.255 e. The summed E-state index contributed by atoms with van der Waals surface area (Å²) < 4.78 is 22.1. The van der Waals surface area contributed by atoms with Crippen LogP contribution < -0.4 is 42.4 Å². The van der Waals surface area contributed by atoms with Crippen LogP contribution in [0.15, 0.2) is 34.8 Å². The topological polar surface area (TPSA) is 92.0 Å². The molecule has 0 atom stereocenters. The molecule has 0 saturated heterocycles. The molecule has 0 unspecified atom stereocenters. The van der Waals surface area contributed by atoms with Gasteiger partial charge in [0, 0.05) is 13.1 Å². The van der Waals surface area contributed by atoms with E-state index in [1.54, 1.807) is 7.11 Å². The molecule has 1 heterocycles. The molecule has 1 aliphatic rings. The lowest BCUT2D eigenvalue weighted by atomic mass is 10.1. The third-order valence-corrected chi connectivity index (χ3v) is 4.33. The summed E-state index contributed by atoms with van der Waals surface area (Å²) in [5.41, 5.74) is 7.22. The molecule has 0 saturated carbocycles. The number of benzene rings is 2. The van der Waals surface area contributed by atoms with Crippen LogP contribution in [0.1, 0.15) is 11.1 Å². The Labute approximate surface area is 171 Å². The number of halogens is 2. The molecule has 7 nitrogen and oxygen atoms in total. The average Bonchev–Trinajstić information content (AvgIpc) is 3.08. The number of carbonyl (C=O) groups is 1. The van der Waals surface area contributed by atoms with Gasteiger partial charge in [-0.05, 0) is 51.3 Å². The van der Waals surface area contributed by atoms with Crippen molar-refractivity contribution in [2.45, 2.75) is 13.1 Å². The number of ether oxygens (including phenoxy) is 4. The minimum absolute atomic E-state index is 0. The minimum atomic E-state index is -0.548. The maximum atomic E-state index is 10.9. The van der Waals surface area contributed by atoms with Crippen molar-refractivity contribution >= 4 is 21.8 Å². The number of hydrogen-bond acceptors (Lipinski definition) is 6. The van der Waals surface area contributed by atoms with Gasteiger partial charge in [-0.25, -0.2) is 0 Å². The molecule has 1 amide bonds. The van der Waals surface area contributed by atoms with Crippen molar-refractivity contribution in [2.75, 3.05) is 20.5 Å². The highest BCUT2D eigenvalue weighted by Crippen LogP contribution is 2.37. The zero-order valence-corrected chi connectivity index (χ0v) is 16.9. The van der Waals surface area contributed by atoms with Gasteiger partial charge in [-0.2, -0.15) is 0 Å². The Kier molecular flexibility index (Phi) is 7.58. The van der Waals surface area contributed by atoms with Crippen molar-refractivity contribution in [3.8, 4) is 23.0 Å². The lowest BCUT2D eigenvalue weighted by Crippen LogP contribution is -3.00. The maximum absolute atomic E-state index is 10.9. The van der Waals surface area contributed by atoms with Gasteiger partial charge < -0.3 is 42.4 Å². The molecule has 146 valence electrons. The number of amides is 1. The Balaban J connectivity index is 0.00000261. The first-order valence-electron chi connectivity index (χ1n) is 7.93. The molecule has 1 aliphatic heterocycles. The monoisotopic (exact) mass is 457 g/mol. The summed E-state index contributed by atoms with van der Waals surface area (Å²) in [6, 6.07) is 9.63. The van der Waals surface area contributed by atoms with Crippen molar-refractivity contribution < 1.29 is 36.1 Å². The second kappa shape index (κ2) is 9.68. The summed E-state index contributed by atoms with van der Waals surface area (Å²) >= 11 is 3.44. The number of rotatable bonds is 8. The molecule has 0 radical (unpaired) electrons. The van der Waals surface area contributed by atoms with Crippen molar-refractivity contribution in [1.82, 2.24) is 5.32 Å². The summed E-state index contributed by atoms with van der Waals surface area (Å²) in [6.45, 7) is 1.36. The van der Waals surface area contributed by atoms with Crippen molar-refractivity contribution in [3.05, 3.63) is 45.9 Å². The second-order valence-electron chi connectivity index (χ2n) is 5.66. The molecule has 3 rings (SSSR count). The van der Waals surface area contributed by atoms with Crippen LogP contribution in [0.3, 0.4) is 0 Å². The van der Waals surface area contributed by atoms with Crippen LogP contribution in [0, 0.1) is 0 Å². The van der Waals surface area contributed by atoms with E-state index in [1.165, 1.54) is 0 Å². The lowest BCUT2D eigenvalue weighted by Gasteiger charge is -2.14. The third kappa shape index (κ3) is 5.41. The molecule has 2 aromatic carbocycles. The SMILES string of the molecule is COc1cc(CNCc2ccc3c(c2)OCO3)cc(Br)c1OCC(N)=O.[Cl-]. The van der Waals surface area contributed by atoms with E-state index < -0.39 is 5.91 Å². The highest BCUT2D eigenvalue weighted by Gasteiger charge is 2.14. The van der Waals surface area contributed by atoms with E-state index in [0.717, 1.165) is 22.6 Å². The number of nitrogens with one attached hydrogen (secondary N) is 1. The van der Waals surface area contributed by atoms with Crippen LogP contribution in [0.4, 0.5) is 0 Å². The van der Waals surface area contributed by atoms with Crippen LogP contribution in [-0.4, -0.2) is 26.4 Å². The molecule has 0 bridgehead atoms. The molecule has 0 fully saturated rings. The van der Waals surface area contributed by atoms with E-state index in [0.29, 0.717) is 29.1 Å². The number of fused-ring (bicyclic) bond motifs is 1. The molecule has 0 aliphatic carbocycles. The van der Waals surface area contributed by atoms with Gasteiger partial charge in [0.2, 0.25) is 6.79 Å². The van der Waals surface area contributed by atoms with E-state index in [-0.39, 0.29) is 25.8 Å². The van der Waals surface area contributed by atoms with Crippen LogP contribution in [-0.2, 0) is 17.9 Å². The average molecular weight is 459 g/mol. The van der Waals surface area contributed by atoms with E-state index in [1.807, 2.05) is 30.3 Å². The Morgan fingerprint density at radius 1 is 1.19 bits per heavy atom. The first-order chi connectivity index (χ1) is 12.6. The van der Waals surface area contributed by atoms with Crippen molar-refractivity contribution in [2.24, 2.45) is 5.73 Å². The minimum Gasteiger partial charge on any atom is -1.00 e. The van der Waals surface area contributed by atoms with Gasteiger partial charge in [0.15, 0.2) is 29.6 Å². The highest BCUT2D eigenvalue weighted by atomic mass is 79.9. The zero-order valence-electron chi connectivity index (χ0n) is 14.6. The predicted molar refractivity (Wildman–Crippen MR) is 98.5 cm³/mol. The van der Waals surface area contributed by atoms with Crippen molar-refractivity contribution in [1.29, 1.82) is 0 Å². The Bertz CT molecular complexity index is 819. The van der Waals surface area contributed by atoms with E-state index >= 15 is 0 Å². The number of carbonyl (C=O) groups excluding carboxylic acids is 1. The second-order valence-corrected chi connectivity index (χ2v) is 6.51.